The Labute approximate surface area is 351 Å². The van der Waals surface area contributed by atoms with Crippen molar-refractivity contribution in [1.29, 1.82) is 0 Å². The molecule has 1 saturated carbocycles. The quantitative estimate of drug-likeness (QED) is 0.0114. The minimum Gasteiger partial charge on any atom is -0.498 e. The second kappa shape index (κ2) is 36.1. The smallest absolute Gasteiger partial charge is 0.472 e. The summed E-state index contributed by atoms with van der Waals surface area (Å²) in [4.78, 5) is 23.1. The molecule has 12 nitrogen and oxygen atoms in total. The number of phosphoric acid groups is 1. The highest BCUT2D eigenvalue weighted by Gasteiger charge is 2.51. The van der Waals surface area contributed by atoms with Crippen LogP contribution >= 0.6 is 7.82 Å². The molecule has 0 saturated heterocycles. The number of allylic oxidation sites excluding steroid dienone is 5. The Kier molecular flexibility index (Phi) is 33.9. The van der Waals surface area contributed by atoms with E-state index < -0.39 is 63.1 Å². The summed E-state index contributed by atoms with van der Waals surface area (Å²) in [5.74, 6) is -0.507. The molecule has 0 aromatic carbocycles. The molecule has 0 spiro atoms. The highest BCUT2D eigenvalue weighted by Crippen LogP contribution is 2.47. The van der Waals surface area contributed by atoms with Crippen LogP contribution in [0, 0.1) is 0 Å². The second-order valence-corrected chi connectivity index (χ2v) is 17.4. The van der Waals surface area contributed by atoms with Gasteiger partial charge in [-0.15, -0.1) is 0 Å². The van der Waals surface area contributed by atoms with E-state index in [1.807, 2.05) is 6.08 Å². The number of aliphatic hydroxyl groups is 5. The van der Waals surface area contributed by atoms with Gasteiger partial charge in [0.25, 0.3) is 0 Å². The highest BCUT2D eigenvalue weighted by atomic mass is 31.2. The molecule has 1 aliphatic rings. The largest absolute Gasteiger partial charge is 0.498 e. The van der Waals surface area contributed by atoms with Crippen molar-refractivity contribution in [3.8, 4) is 0 Å². The van der Waals surface area contributed by atoms with Gasteiger partial charge in [0.05, 0.1) is 12.9 Å². The fourth-order valence-electron chi connectivity index (χ4n) is 6.88. The number of aliphatic hydroxyl groups excluding tert-OH is 5. The maximum Gasteiger partial charge on any atom is 0.472 e. The number of hydrogen-bond donors (Lipinski definition) is 6. The summed E-state index contributed by atoms with van der Waals surface area (Å²) in [5, 5.41) is 50.1. The van der Waals surface area contributed by atoms with Crippen LogP contribution in [0.2, 0.25) is 0 Å². The first-order valence-corrected chi connectivity index (χ1v) is 24.4. The van der Waals surface area contributed by atoms with Gasteiger partial charge in [-0.25, -0.2) is 4.57 Å². The molecule has 340 valence electrons. The second-order valence-electron chi connectivity index (χ2n) is 16.0. The number of carbonyl (C=O) groups excluding carboxylic acids is 1. The van der Waals surface area contributed by atoms with Crippen LogP contribution in [0.1, 0.15) is 187 Å². The lowest BCUT2D eigenvalue weighted by Gasteiger charge is -2.41. The van der Waals surface area contributed by atoms with Crippen molar-refractivity contribution in [3.05, 3.63) is 36.6 Å². The Morgan fingerprint density at radius 2 is 0.966 bits per heavy atom. The molecule has 1 aliphatic carbocycles. The Balaban J connectivity index is 2.43. The van der Waals surface area contributed by atoms with Gasteiger partial charge < -0.3 is 39.9 Å². The molecule has 0 radical (unpaired) electrons. The molecule has 0 bridgehead atoms. The zero-order chi connectivity index (χ0) is 42.7. The van der Waals surface area contributed by atoms with Gasteiger partial charge in [-0.1, -0.05) is 154 Å². The maximum absolute atomic E-state index is 12.8. The van der Waals surface area contributed by atoms with Crippen LogP contribution in [-0.4, -0.2) is 92.3 Å². The summed E-state index contributed by atoms with van der Waals surface area (Å²) in [6.07, 6.45) is 30.0. The van der Waals surface area contributed by atoms with Crippen molar-refractivity contribution < 1.29 is 58.3 Å². The zero-order valence-electron chi connectivity index (χ0n) is 36.1. The Morgan fingerprint density at radius 3 is 1.48 bits per heavy atom. The van der Waals surface area contributed by atoms with E-state index in [0.717, 1.165) is 57.8 Å². The van der Waals surface area contributed by atoms with Crippen LogP contribution in [-0.2, 0) is 27.9 Å². The number of phosphoric ester groups is 1. The predicted octanol–water partition coefficient (Wildman–Crippen LogP) is 9.43. The molecular formula is C45H83O12P. The predicted molar refractivity (Wildman–Crippen MR) is 230 cm³/mol. The molecule has 58 heavy (non-hydrogen) atoms. The summed E-state index contributed by atoms with van der Waals surface area (Å²) < 4.78 is 33.9. The average molecular weight is 847 g/mol. The molecule has 0 aliphatic heterocycles. The van der Waals surface area contributed by atoms with Gasteiger partial charge in [0.1, 0.15) is 43.2 Å². The van der Waals surface area contributed by atoms with Crippen LogP contribution in [0.15, 0.2) is 36.6 Å². The fraction of sp³-hybridized carbons (Fsp3) is 0.844. The lowest BCUT2D eigenvalue weighted by Crippen LogP contribution is -2.64. The lowest BCUT2D eigenvalue weighted by molar-refractivity contribution is -0.220. The van der Waals surface area contributed by atoms with Crippen LogP contribution in [0.4, 0.5) is 0 Å². The van der Waals surface area contributed by atoms with Crippen LogP contribution in [0.3, 0.4) is 0 Å². The van der Waals surface area contributed by atoms with Crippen molar-refractivity contribution in [3.63, 3.8) is 0 Å². The van der Waals surface area contributed by atoms with Crippen LogP contribution in [0.5, 0.6) is 0 Å². The summed E-state index contributed by atoms with van der Waals surface area (Å²) in [5.41, 5.74) is 0. The van der Waals surface area contributed by atoms with Gasteiger partial charge in [-0.2, -0.15) is 0 Å². The first kappa shape index (κ1) is 54.4. The molecule has 0 heterocycles. The topological polar surface area (TPSA) is 192 Å². The Bertz CT molecular complexity index is 1100. The summed E-state index contributed by atoms with van der Waals surface area (Å²) in [7, 11) is -5.03. The number of carbonyl (C=O) groups is 1. The molecule has 0 aromatic heterocycles. The first-order chi connectivity index (χ1) is 28.0. The van der Waals surface area contributed by atoms with E-state index in [1.54, 1.807) is 0 Å². The summed E-state index contributed by atoms with van der Waals surface area (Å²) >= 11 is 0. The third kappa shape index (κ3) is 28.0. The van der Waals surface area contributed by atoms with E-state index in [4.69, 9.17) is 18.5 Å². The van der Waals surface area contributed by atoms with Gasteiger partial charge in [-0.05, 0) is 57.4 Å². The lowest BCUT2D eigenvalue weighted by atomic mass is 9.85. The SMILES string of the molecule is CCCCC/C=C\C/C=C\CCCCCCCCCC(=O)O[C@H](CO/C=C\CCCCCCCCCCCCCC)COP(=O)(O)OC1C(O)C(O)C(O)[C@@H](O)C1O. The molecule has 0 amide bonds. The third-order valence-corrected chi connectivity index (χ3v) is 11.6. The van der Waals surface area contributed by atoms with Crippen LogP contribution < -0.4 is 0 Å². The molecular weight excluding hydrogens is 763 g/mol. The van der Waals surface area contributed by atoms with Gasteiger partial charge in [-0.3, -0.25) is 13.8 Å². The molecule has 1 rings (SSSR count). The van der Waals surface area contributed by atoms with E-state index in [1.165, 1.54) is 109 Å². The van der Waals surface area contributed by atoms with Crippen molar-refractivity contribution in [2.24, 2.45) is 0 Å². The van der Waals surface area contributed by atoms with E-state index in [0.29, 0.717) is 6.42 Å². The van der Waals surface area contributed by atoms with Gasteiger partial charge in [0.2, 0.25) is 0 Å². The van der Waals surface area contributed by atoms with E-state index in [9.17, 15) is 39.8 Å². The minimum absolute atomic E-state index is 0.162. The Hall–Kier alpha value is -1.60. The molecule has 1 fully saturated rings. The Morgan fingerprint density at radius 1 is 0.552 bits per heavy atom. The number of rotatable bonds is 38. The van der Waals surface area contributed by atoms with Gasteiger partial charge >= 0.3 is 13.8 Å². The normalized spacial score (nSPS) is 22.9. The van der Waals surface area contributed by atoms with Crippen molar-refractivity contribution in [2.75, 3.05) is 13.2 Å². The third-order valence-electron chi connectivity index (χ3n) is 10.6. The minimum atomic E-state index is -5.03. The highest BCUT2D eigenvalue weighted by molar-refractivity contribution is 7.47. The van der Waals surface area contributed by atoms with Gasteiger partial charge in [0.15, 0.2) is 6.10 Å². The van der Waals surface area contributed by atoms with E-state index in [-0.39, 0.29) is 13.0 Å². The fourth-order valence-corrected chi connectivity index (χ4v) is 7.85. The van der Waals surface area contributed by atoms with Crippen LogP contribution in [0.25, 0.3) is 0 Å². The average Bonchev–Trinajstić information content (AvgIpc) is 3.21. The molecule has 6 unspecified atom stereocenters. The first-order valence-electron chi connectivity index (χ1n) is 22.9. The van der Waals surface area contributed by atoms with Crippen molar-refractivity contribution in [1.82, 2.24) is 0 Å². The van der Waals surface area contributed by atoms with Crippen molar-refractivity contribution in [2.45, 2.75) is 230 Å². The summed E-state index contributed by atoms with van der Waals surface area (Å²) in [6, 6.07) is 0. The van der Waals surface area contributed by atoms with E-state index in [2.05, 4.69) is 38.2 Å². The maximum atomic E-state index is 12.8. The molecule has 6 N–H and O–H groups in total. The molecule has 8 atom stereocenters. The van der Waals surface area contributed by atoms with E-state index >= 15 is 0 Å². The summed E-state index contributed by atoms with van der Waals surface area (Å²) in [6.45, 7) is 3.69. The number of esters is 1. The van der Waals surface area contributed by atoms with Gasteiger partial charge in [0, 0.05) is 6.42 Å². The molecule has 13 heteroatoms. The number of hydrogen-bond acceptors (Lipinski definition) is 11. The van der Waals surface area contributed by atoms with Crippen molar-refractivity contribution >= 4 is 13.8 Å². The molecule has 0 aromatic rings. The standard InChI is InChI=1S/C45H83O12P/c1-3-5-7-9-11-13-15-17-19-20-21-22-24-26-28-30-32-34-39(46)56-38(36-54-35-33-31-29-27-25-23-18-16-14-12-10-8-6-4-2)37-55-58(52,53)57-45-43(50)41(48)40(47)42(49)44(45)51/h11,13,17,19,33,35,38,40-45,47-51H,3-10,12,14-16,18,20-32,34,36-37H2,1-2H3,(H,52,53)/b13-11-,19-17-,35-33-/t38-,40?,41-,42?,43?,44?,45?/m1/s1. The zero-order valence-corrected chi connectivity index (χ0v) is 37.0. The number of unbranched alkanes of at least 4 members (excludes halogenated alkanes) is 22. The number of ether oxygens (including phenoxy) is 2. The monoisotopic (exact) mass is 847 g/mol.